The third kappa shape index (κ3) is 4.26. The van der Waals surface area contributed by atoms with Gasteiger partial charge in [0.05, 0.1) is 35.5 Å². The molecule has 10 heteroatoms. The predicted molar refractivity (Wildman–Crippen MR) is 132 cm³/mol. The standard InChI is InChI=1S/C24H26N6O3S/c1-16-7-3-5-9-19(16)30-23(28-11-13-33-14-12-28)26-27-24(30)34-17(2)22(32)29-15-21(31)25-18-8-4-6-10-20(18)29/h3-10,17H,11-15H2,1-2H3,(H,25,31). The van der Waals surface area contributed by atoms with E-state index in [2.05, 4.69) is 20.4 Å². The van der Waals surface area contributed by atoms with Gasteiger partial charge in [-0.05, 0) is 37.6 Å². The minimum Gasteiger partial charge on any atom is -0.378 e. The highest BCUT2D eigenvalue weighted by atomic mass is 32.2. The van der Waals surface area contributed by atoms with Crippen LogP contribution in [-0.4, -0.2) is 64.7 Å². The molecule has 2 aliphatic rings. The first-order valence-corrected chi connectivity index (χ1v) is 12.1. The first-order chi connectivity index (χ1) is 16.5. The number of hydrogen-bond acceptors (Lipinski definition) is 7. The maximum atomic E-state index is 13.5. The zero-order valence-electron chi connectivity index (χ0n) is 19.1. The fourth-order valence-electron chi connectivity index (χ4n) is 4.19. The molecule has 1 saturated heterocycles. The number of ether oxygens (including phenoxy) is 1. The van der Waals surface area contributed by atoms with Gasteiger partial charge in [0, 0.05) is 13.1 Å². The average molecular weight is 479 g/mol. The highest BCUT2D eigenvalue weighted by Gasteiger charge is 2.32. The largest absolute Gasteiger partial charge is 0.378 e. The van der Waals surface area contributed by atoms with Crippen LogP contribution in [0.5, 0.6) is 0 Å². The molecule has 1 N–H and O–H groups in total. The highest BCUT2D eigenvalue weighted by molar-refractivity contribution is 8.00. The third-order valence-electron chi connectivity index (χ3n) is 5.93. The Morgan fingerprint density at radius 1 is 1.06 bits per heavy atom. The number of carbonyl (C=O) groups excluding carboxylic acids is 2. The number of thioether (sulfide) groups is 1. The van der Waals surface area contributed by atoms with Gasteiger partial charge in [-0.2, -0.15) is 0 Å². The van der Waals surface area contributed by atoms with Crippen LogP contribution in [0.1, 0.15) is 12.5 Å². The first kappa shape index (κ1) is 22.4. The molecule has 0 saturated carbocycles. The number of morpholine rings is 1. The molecule has 3 aromatic rings. The van der Waals surface area contributed by atoms with Crippen molar-refractivity contribution >= 4 is 40.9 Å². The monoisotopic (exact) mass is 478 g/mol. The van der Waals surface area contributed by atoms with Crippen molar-refractivity contribution in [1.29, 1.82) is 0 Å². The van der Waals surface area contributed by atoms with Crippen molar-refractivity contribution in [2.45, 2.75) is 24.3 Å². The van der Waals surface area contributed by atoms with E-state index in [0.29, 0.717) is 29.7 Å². The van der Waals surface area contributed by atoms with Crippen LogP contribution < -0.4 is 15.1 Å². The van der Waals surface area contributed by atoms with Crippen LogP contribution in [0, 0.1) is 6.92 Å². The lowest BCUT2D eigenvalue weighted by Gasteiger charge is -2.31. The van der Waals surface area contributed by atoms with E-state index in [1.807, 2.05) is 60.9 Å². The summed E-state index contributed by atoms with van der Waals surface area (Å²) in [4.78, 5) is 29.4. The molecular weight excluding hydrogens is 452 g/mol. The van der Waals surface area contributed by atoms with Crippen molar-refractivity contribution in [3.05, 3.63) is 54.1 Å². The molecule has 2 aromatic carbocycles. The molecule has 1 fully saturated rings. The van der Waals surface area contributed by atoms with E-state index in [4.69, 9.17) is 4.74 Å². The summed E-state index contributed by atoms with van der Waals surface area (Å²) in [5.41, 5.74) is 3.40. The van der Waals surface area contributed by atoms with Gasteiger partial charge in [-0.25, -0.2) is 0 Å². The van der Waals surface area contributed by atoms with Gasteiger partial charge in [0.2, 0.25) is 17.8 Å². The molecule has 176 valence electrons. The fraction of sp³-hybridized carbons (Fsp3) is 0.333. The minimum atomic E-state index is -0.483. The number of nitrogens with zero attached hydrogens (tertiary/aromatic N) is 5. The van der Waals surface area contributed by atoms with E-state index in [1.54, 1.807) is 11.0 Å². The Balaban J connectivity index is 1.46. The van der Waals surface area contributed by atoms with Gasteiger partial charge in [-0.1, -0.05) is 42.1 Å². The molecule has 34 heavy (non-hydrogen) atoms. The van der Waals surface area contributed by atoms with Gasteiger partial charge in [0.25, 0.3) is 0 Å². The molecular formula is C24H26N6O3S. The lowest BCUT2D eigenvalue weighted by Crippen LogP contribution is -2.45. The highest BCUT2D eigenvalue weighted by Crippen LogP contribution is 2.34. The van der Waals surface area contributed by atoms with Crippen LogP contribution in [0.3, 0.4) is 0 Å². The zero-order valence-corrected chi connectivity index (χ0v) is 19.9. The lowest BCUT2D eigenvalue weighted by atomic mass is 10.2. The van der Waals surface area contributed by atoms with Crippen molar-refractivity contribution < 1.29 is 14.3 Å². The molecule has 0 spiro atoms. The van der Waals surface area contributed by atoms with E-state index >= 15 is 0 Å². The lowest BCUT2D eigenvalue weighted by molar-refractivity contribution is -0.121. The smallest absolute Gasteiger partial charge is 0.244 e. The number of benzene rings is 2. The van der Waals surface area contributed by atoms with Gasteiger partial charge >= 0.3 is 0 Å². The zero-order chi connectivity index (χ0) is 23.7. The molecule has 2 amide bonds. The molecule has 2 aliphatic heterocycles. The predicted octanol–water partition coefficient (Wildman–Crippen LogP) is 2.88. The Morgan fingerprint density at radius 2 is 1.76 bits per heavy atom. The van der Waals surface area contributed by atoms with E-state index in [-0.39, 0.29) is 18.4 Å². The Morgan fingerprint density at radius 3 is 2.53 bits per heavy atom. The number of amides is 2. The summed E-state index contributed by atoms with van der Waals surface area (Å²) >= 11 is 1.34. The summed E-state index contributed by atoms with van der Waals surface area (Å²) in [5, 5.41) is 12.0. The second-order valence-corrected chi connectivity index (χ2v) is 9.56. The number of aryl methyl sites for hydroxylation is 1. The number of aromatic nitrogens is 3. The van der Waals surface area contributed by atoms with Gasteiger partial charge < -0.3 is 15.0 Å². The van der Waals surface area contributed by atoms with E-state index in [1.165, 1.54) is 11.8 Å². The van der Waals surface area contributed by atoms with Crippen molar-refractivity contribution in [2.24, 2.45) is 0 Å². The molecule has 1 atom stereocenters. The number of nitrogens with one attached hydrogen (secondary N) is 1. The number of anilines is 3. The summed E-state index contributed by atoms with van der Waals surface area (Å²) < 4.78 is 7.53. The Kier molecular flexibility index (Phi) is 6.25. The summed E-state index contributed by atoms with van der Waals surface area (Å²) in [6, 6.07) is 15.4. The molecule has 5 rings (SSSR count). The Hall–Kier alpha value is -3.37. The summed E-state index contributed by atoms with van der Waals surface area (Å²) in [5.74, 6) is 0.379. The quantitative estimate of drug-likeness (QED) is 0.564. The second-order valence-electron chi connectivity index (χ2n) is 8.25. The molecule has 9 nitrogen and oxygen atoms in total. The number of fused-ring (bicyclic) bond motifs is 1. The van der Waals surface area contributed by atoms with Crippen LogP contribution in [0.15, 0.2) is 53.7 Å². The maximum absolute atomic E-state index is 13.5. The van der Waals surface area contributed by atoms with Crippen LogP contribution in [0.2, 0.25) is 0 Å². The van der Waals surface area contributed by atoms with Crippen LogP contribution in [-0.2, 0) is 14.3 Å². The van der Waals surface area contributed by atoms with E-state index < -0.39 is 5.25 Å². The average Bonchev–Trinajstić information content (AvgIpc) is 3.27. The second kappa shape index (κ2) is 9.47. The normalized spacial score (nSPS) is 16.7. The van der Waals surface area contributed by atoms with Gasteiger partial charge in [0.1, 0.15) is 6.54 Å². The minimum absolute atomic E-state index is 0.00966. The molecule has 0 aliphatic carbocycles. The fourth-order valence-corrected chi connectivity index (χ4v) is 5.11. The van der Waals surface area contributed by atoms with Crippen molar-refractivity contribution in [2.75, 3.05) is 48.0 Å². The summed E-state index contributed by atoms with van der Waals surface area (Å²) in [6.07, 6.45) is 0. The Bertz CT molecular complexity index is 1220. The summed E-state index contributed by atoms with van der Waals surface area (Å²) in [6.45, 7) is 6.59. The number of carbonyl (C=O) groups is 2. The third-order valence-corrected chi connectivity index (χ3v) is 6.96. The summed E-state index contributed by atoms with van der Waals surface area (Å²) in [7, 11) is 0. The van der Waals surface area contributed by atoms with Crippen LogP contribution in [0.25, 0.3) is 5.69 Å². The molecule has 3 heterocycles. The number of para-hydroxylation sites is 3. The number of hydrogen-bond donors (Lipinski definition) is 1. The molecule has 0 bridgehead atoms. The van der Waals surface area contributed by atoms with Crippen LogP contribution >= 0.6 is 11.8 Å². The van der Waals surface area contributed by atoms with Crippen LogP contribution in [0.4, 0.5) is 17.3 Å². The van der Waals surface area contributed by atoms with E-state index in [0.717, 1.165) is 30.3 Å². The van der Waals surface area contributed by atoms with Gasteiger partial charge in [0.15, 0.2) is 5.16 Å². The maximum Gasteiger partial charge on any atom is 0.244 e. The topological polar surface area (TPSA) is 92.6 Å². The number of rotatable bonds is 5. The van der Waals surface area contributed by atoms with E-state index in [9.17, 15) is 9.59 Å². The molecule has 1 aromatic heterocycles. The van der Waals surface area contributed by atoms with Crippen molar-refractivity contribution in [3.63, 3.8) is 0 Å². The molecule has 0 radical (unpaired) electrons. The van der Waals surface area contributed by atoms with Crippen molar-refractivity contribution in [1.82, 2.24) is 14.8 Å². The Labute approximate surface area is 202 Å². The molecule has 1 unspecified atom stereocenters. The van der Waals surface area contributed by atoms with Crippen molar-refractivity contribution in [3.8, 4) is 5.69 Å². The van der Waals surface area contributed by atoms with Gasteiger partial charge in [-0.3, -0.25) is 19.1 Å². The van der Waals surface area contributed by atoms with Gasteiger partial charge in [-0.15, -0.1) is 10.2 Å². The first-order valence-electron chi connectivity index (χ1n) is 11.2. The SMILES string of the molecule is Cc1ccccc1-n1c(SC(C)C(=O)N2CC(=O)Nc3ccccc32)nnc1N1CCOCC1.